The van der Waals surface area contributed by atoms with E-state index < -0.39 is 0 Å². The molecular formula is C18H26N6. The molecule has 2 aromatic rings. The normalized spacial score (nSPS) is 19.2. The van der Waals surface area contributed by atoms with Crippen LogP contribution in [0, 0.1) is 0 Å². The van der Waals surface area contributed by atoms with Crippen LogP contribution in [0.5, 0.6) is 0 Å². The molecule has 0 saturated carbocycles. The maximum Gasteiger partial charge on any atom is 0.134 e. The van der Waals surface area contributed by atoms with E-state index in [2.05, 4.69) is 44.1 Å². The fourth-order valence-corrected chi connectivity index (χ4v) is 3.83. The van der Waals surface area contributed by atoms with Gasteiger partial charge in [-0.2, -0.15) is 5.10 Å². The molecule has 6 heteroatoms. The third-order valence-corrected chi connectivity index (χ3v) is 5.34. The van der Waals surface area contributed by atoms with Gasteiger partial charge in [0.15, 0.2) is 0 Å². The summed E-state index contributed by atoms with van der Waals surface area (Å²) in [6, 6.07) is 2.17. The van der Waals surface area contributed by atoms with Gasteiger partial charge < -0.3 is 9.80 Å². The quantitative estimate of drug-likeness (QED) is 0.864. The Morgan fingerprint density at radius 2 is 1.67 bits per heavy atom. The molecule has 2 fully saturated rings. The lowest BCUT2D eigenvalue weighted by atomic mass is 9.91. The Morgan fingerprint density at radius 1 is 1.00 bits per heavy atom. The average Bonchev–Trinajstić information content (AvgIpc) is 3.34. The molecule has 4 heterocycles. The van der Waals surface area contributed by atoms with Gasteiger partial charge >= 0.3 is 0 Å². The van der Waals surface area contributed by atoms with Crippen LogP contribution in [0.4, 0.5) is 11.6 Å². The number of aromatic nitrogens is 4. The predicted octanol–water partition coefficient (Wildman–Crippen LogP) is 2.68. The molecule has 2 aliphatic rings. The molecule has 0 unspecified atom stereocenters. The number of rotatable bonds is 4. The topological polar surface area (TPSA) is 50.1 Å². The molecule has 2 aromatic heterocycles. The zero-order chi connectivity index (χ0) is 16.4. The lowest BCUT2D eigenvalue weighted by Crippen LogP contribution is -2.33. The summed E-state index contributed by atoms with van der Waals surface area (Å²) < 4.78 is 2.02. The van der Waals surface area contributed by atoms with Gasteiger partial charge in [0.2, 0.25) is 0 Å². The first kappa shape index (κ1) is 15.4. The number of aryl methyl sites for hydroxylation is 1. The monoisotopic (exact) mass is 326 g/mol. The van der Waals surface area contributed by atoms with E-state index in [1.807, 2.05) is 10.9 Å². The summed E-state index contributed by atoms with van der Waals surface area (Å²) in [5.74, 6) is 2.79. The van der Waals surface area contributed by atoms with Crippen LogP contribution in [-0.4, -0.2) is 45.9 Å². The van der Waals surface area contributed by atoms with E-state index in [-0.39, 0.29) is 0 Å². The first-order valence-electron chi connectivity index (χ1n) is 9.18. The van der Waals surface area contributed by atoms with Crippen molar-refractivity contribution in [2.24, 2.45) is 0 Å². The molecule has 2 saturated heterocycles. The predicted molar refractivity (Wildman–Crippen MR) is 95.6 cm³/mol. The number of hydrogen-bond acceptors (Lipinski definition) is 5. The summed E-state index contributed by atoms with van der Waals surface area (Å²) in [4.78, 5) is 13.8. The highest BCUT2D eigenvalue weighted by Crippen LogP contribution is 2.30. The van der Waals surface area contributed by atoms with Crippen LogP contribution >= 0.6 is 0 Å². The highest BCUT2D eigenvalue weighted by atomic mass is 15.3. The zero-order valence-corrected chi connectivity index (χ0v) is 14.4. The van der Waals surface area contributed by atoms with Crippen molar-refractivity contribution in [1.82, 2.24) is 19.7 Å². The van der Waals surface area contributed by atoms with E-state index in [4.69, 9.17) is 0 Å². The maximum atomic E-state index is 4.52. The van der Waals surface area contributed by atoms with Crippen LogP contribution in [0.2, 0.25) is 0 Å². The van der Waals surface area contributed by atoms with Crippen molar-refractivity contribution >= 4 is 11.6 Å². The van der Waals surface area contributed by atoms with Gasteiger partial charge in [0.25, 0.3) is 0 Å². The van der Waals surface area contributed by atoms with Gasteiger partial charge in [-0.1, -0.05) is 0 Å². The molecule has 128 valence electrons. The van der Waals surface area contributed by atoms with Gasteiger partial charge in [-0.05, 0) is 44.1 Å². The van der Waals surface area contributed by atoms with Gasteiger partial charge in [-0.25, -0.2) is 9.97 Å². The summed E-state index contributed by atoms with van der Waals surface area (Å²) in [6.45, 7) is 7.43. The number of nitrogens with zero attached hydrogens (tertiary/aromatic N) is 6. The molecule has 24 heavy (non-hydrogen) atoms. The number of anilines is 2. The van der Waals surface area contributed by atoms with E-state index in [1.165, 1.54) is 31.2 Å². The molecule has 2 aliphatic heterocycles. The van der Waals surface area contributed by atoms with Gasteiger partial charge in [0.05, 0.1) is 6.20 Å². The Hall–Kier alpha value is -2.11. The molecule has 0 radical (unpaired) electrons. The molecule has 0 N–H and O–H groups in total. The lowest BCUT2D eigenvalue weighted by molar-refractivity contribution is 0.502. The summed E-state index contributed by atoms with van der Waals surface area (Å²) in [7, 11) is 0. The van der Waals surface area contributed by atoms with Crippen LogP contribution < -0.4 is 9.80 Å². The minimum Gasteiger partial charge on any atom is -0.356 e. The van der Waals surface area contributed by atoms with E-state index in [0.29, 0.717) is 5.92 Å². The Morgan fingerprint density at radius 3 is 2.29 bits per heavy atom. The van der Waals surface area contributed by atoms with Crippen molar-refractivity contribution in [3.05, 3.63) is 30.4 Å². The summed E-state index contributed by atoms with van der Waals surface area (Å²) in [5.41, 5.74) is 1.39. The molecule has 0 bridgehead atoms. The molecule has 0 aliphatic carbocycles. The Bertz CT molecular complexity index is 668. The van der Waals surface area contributed by atoms with Crippen molar-refractivity contribution < 1.29 is 0 Å². The van der Waals surface area contributed by atoms with Crippen molar-refractivity contribution in [1.29, 1.82) is 0 Å². The summed E-state index contributed by atoms with van der Waals surface area (Å²) in [6.07, 6.45) is 10.8. The van der Waals surface area contributed by atoms with Crippen LogP contribution in [0.15, 0.2) is 24.8 Å². The Kier molecular flexibility index (Phi) is 4.36. The average molecular weight is 326 g/mol. The van der Waals surface area contributed by atoms with Gasteiger partial charge in [0.1, 0.15) is 18.0 Å². The summed E-state index contributed by atoms with van der Waals surface area (Å²) >= 11 is 0. The van der Waals surface area contributed by atoms with Crippen molar-refractivity contribution in [2.75, 3.05) is 36.0 Å². The molecule has 0 aromatic carbocycles. The van der Waals surface area contributed by atoms with Crippen LogP contribution in [0.25, 0.3) is 0 Å². The molecule has 0 atom stereocenters. The van der Waals surface area contributed by atoms with Gasteiger partial charge in [0, 0.05) is 45.0 Å². The highest BCUT2D eigenvalue weighted by molar-refractivity contribution is 5.50. The van der Waals surface area contributed by atoms with Crippen LogP contribution in [0.3, 0.4) is 0 Å². The highest BCUT2D eigenvalue weighted by Gasteiger charge is 2.23. The van der Waals surface area contributed by atoms with E-state index in [1.54, 1.807) is 6.33 Å². The second kappa shape index (κ2) is 6.79. The molecular weight excluding hydrogens is 300 g/mol. The van der Waals surface area contributed by atoms with Crippen LogP contribution in [-0.2, 0) is 6.54 Å². The van der Waals surface area contributed by atoms with Crippen LogP contribution in [0.1, 0.15) is 44.1 Å². The van der Waals surface area contributed by atoms with E-state index in [0.717, 1.165) is 44.4 Å². The number of piperidine rings is 1. The standard InChI is InChI=1S/C18H26N6/c1-2-24-13-16(12-21-24)15-5-9-23(10-6-15)18-11-17(19-14-20-18)22-7-3-4-8-22/h11-15H,2-10H2,1H3. The summed E-state index contributed by atoms with van der Waals surface area (Å²) in [5, 5.41) is 4.42. The van der Waals surface area contributed by atoms with E-state index >= 15 is 0 Å². The van der Waals surface area contributed by atoms with Gasteiger partial charge in [-0.15, -0.1) is 0 Å². The van der Waals surface area contributed by atoms with Crippen molar-refractivity contribution in [3.63, 3.8) is 0 Å². The minimum atomic E-state index is 0.626. The maximum absolute atomic E-state index is 4.52. The smallest absolute Gasteiger partial charge is 0.134 e. The molecule has 0 amide bonds. The minimum absolute atomic E-state index is 0.626. The molecule has 0 spiro atoms. The van der Waals surface area contributed by atoms with E-state index in [9.17, 15) is 0 Å². The second-order valence-electron chi connectivity index (χ2n) is 6.82. The third-order valence-electron chi connectivity index (χ3n) is 5.34. The first-order valence-corrected chi connectivity index (χ1v) is 9.18. The third kappa shape index (κ3) is 3.09. The fraction of sp³-hybridized carbons (Fsp3) is 0.611. The first-order chi connectivity index (χ1) is 11.8. The second-order valence-corrected chi connectivity index (χ2v) is 6.82. The number of hydrogen-bond donors (Lipinski definition) is 0. The van der Waals surface area contributed by atoms with Crippen molar-refractivity contribution in [2.45, 2.75) is 45.1 Å². The van der Waals surface area contributed by atoms with Crippen molar-refractivity contribution in [3.8, 4) is 0 Å². The fourth-order valence-electron chi connectivity index (χ4n) is 3.83. The molecule has 6 nitrogen and oxygen atoms in total. The lowest BCUT2D eigenvalue weighted by Gasteiger charge is -2.32. The Balaban J connectivity index is 1.41. The largest absolute Gasteiger partial charge is 0.356 e. The molecule has 4 rings (SSSR count). The SMILES string of the molecule is CCn1cc(C2CCN(c3cc(N4CCCC4)ncn3)CC2)cn1. The Labute approximate surface area is 143 Å². The van der Waals surface area contributed by atoms with Gasteiger partial charge in [-0.3, -0.25) is 4.68 Å². The zero-order valence-electron chi connectivity index (χ0n) is 14.4.